The Hall–Kier alpha value is -2.89. The maximum absolute atomic E-state index is 13.7. The predicted octanol–water partition coefficient (Wildman–Crippen LogP) is 3.23. The number of carbonyl (C=O) groups excluding carboxylic acids is 2. The molecule has 1 aliphatic rings. The molecule has 2 aromatic carbocycles. The first-order chi connectivity index (χ1) is 12.3. The van der Waals surface area contributed by atoms with E-state index in [4.69, 9.17) is 10.5 Å². The van der Waals surface area contributed by atoms with Crippen molar-refractivity contribution in [3.05, 3.63) is 53.3 Å². The summed E-state index contributed by atoms with van der Waals surface area (Å²) in [5, 5.41) is 0. The summed E-state index contributed by atoms with van der Waals surface area (Å²) in [6.45, 7) is 4.10. The van der Waals surface area contributed by atoms with Crippen LogP contribution < -0.4 is 5.73 Å². The summed E-state index contributed by atoms with van der Waals surface area (Å²) in [5.41, 5.74) is 8.32. The van der Waals surface area contributed by atoms with Gasteiger partial charge >= 0.3 is 5.97 Å². The quantitative estimate of drug-likeness (QED) is 0.674. The van der Waals surface area contributed by atoms with Gasteiger partial charge in [-0.1, -0.05) is 32.0 Å². The molecular formula is C20H21FN2O3. The van der Waals surface area contributed by atoms with Crippen LogP contribution >= 0.6 is 0 Å². The molecule has 0 saturated carbocycles. The van der Waals surface area contributed by atoms with E-state index in [1.807, 2.05) is 26.0 Å². The molecule has 1 amide bonds. The number of nitrogens with zero attached hydrogens (tertiary/aromatic N) is 1. The number of anilines is 1. The Labute approximate surface area is 151 Å². The topological polar surface area (TPSA) is 72.6 Å². The predicted molar refractivity (Wildman–Crippen MR) is 96.8 cm³/mol. The van der Waals surface area contributed by atoms with Crippen LogP contribution in [0.4, 0.5) is 10.1 Å². The van der Waals surface area contributed by atoms with Crippen molar-refractivity contribution in [3.8, 4) is 11.1 Å². The van der Waals surface area contributed by atoms with Gasteiger partial charge in [-0.05, 0) is 40.8 Å². The lowest BCUT2D eigenvalue weighted by atomic mass is 10.00. The lowest BCUT2D eigenvalue weighted by molar-refractivity contribution is -0.147. The van der Waals surface area contributed by atoms with Crippen molar-refractivity contribution < 1.29 is 18.7 Å². The van der Waals surface area contributed by atoms with Gasteiger partial charge in [-0.15, -0.1) is 0 Å². The molecule has 136 valence electrons. The van der Waals surface area contributed by atoms with Crippen molar-refractivity contribution >= 4 is 17.6 Å². The van der Waals surface area contributed by atoms with Crippen LogP contribution in [0.25, 0.3) is 11.1 Å². The number of halogens is 1. The summed E-state index contributed by atoms with van der Waals surface area (Å²) in [5.74, 6) is -1.23. The van der Waals surface area contributed by atoms with Crippen molar-refractivity contribution in [3.63, 3.8) is 0 Å². The second-order valence-corrected chi connectivity index (χ2v) is 6.75. The van der Waals surface area contributed by atoms with E-state index in [0.717, 1.165) is 11.1 Å². The van der Waals surface area contributed by atoms with Crippen LogP contribution in [0.15, 0.2) is 36.4 Å². The van der Waals surface area contributed by atoms with E-state index in [1.165, 1.54) is 24.1 Å². The van der Waals surface area contributed by atoms with Gasteiger partial charge in [0.25, 0.3) is 5.91 Å². The molecule has 0 spiro atoms. The second-order valence-electron chi connectivity index (χ2n) is 6.75. The monoisotopic (exact) mass is 356 g/mol. The normalized spacial score (nSPS) is 14.5. The number of esters is 1. The number of amides is 1. The number of ether oxygens (including phenoxy) is 1. The van der Waals surface area contributed by atoms with Crippen LogP contribution in [-0.4, -0.2) is 29.9 Å². The number of hydrogen-bond acceptors (Lipinski definition) is 4. The Bertz CT molecular complexity index is 879. The Morgan fingerprint density at radius 3 is 2.46 bits per heavy atom. The van der Waals surface area contributed by atoms with E-state index < -0.39 is 17.8 Å². The minimum absolute atomic E-state index is 0.0774. The molecule has 0 fully saturated rings. The molecule has 0 radical (unpaired) electrons. The van der Waals surface area contributed by atoms with Crippen LogP contribution in [0.3, 0.4) is 0 Å². The highest BCUT2D eigenvalue weighted by Crippen LogP contribution is 2.32. The number of methoxy groups -OCH3 is 1. The van der Waals surface area contributed by atoms with Crippen molar-refractivity contribution in [2.45, 2.75) is 26.4 Å². The van der Waals surface area contributed by atoms with Crippen LogP contribution in [-0.2, 0) is 16.1 Å². The van der Waals surface area contributed by atoms with E-state index in [1.54, 1.807) is 12.1 Å². The summed E-state index contributed by atoms with van der Waals surface area (Å²) < 4.78 is 18.6. The number of nitrogens with two attached hydrogens (primary N) is 1. The molecule has 3 rings (SSSR count). The third kappa shape index (κ3) is 3.03. The molecule has 6 heteroatoms. The van der Waals surface area contributed by atoms with Crippen molar-refractivity contribution in [1.29, 1.82) is 0 Å². The Morgan fingerprint density at radius 2 is 1.85 bits per heavy atom. The molecule has 0 unspecified atom stereocenters. The first kappa shape index (κ1) is 17.9. The molecule has 5 nitrogen and oxygen atoms in total. The fourth-order valence-corrected chi connectivity index (χ4v) is 3.31. The molecular weight excluding hydrogens is 335 g/mol. The van der Waals surface area contributed by atoms with Gasteiger partial charge in [0.05, 0.1) is 12.8 Å². The average Bonchev–Trinajstić information content (AvgIpc) is 2.93. The van der Waals surface area contributed by atoms with Gasteiger partial charge in [-0.25, -0.2) is 9.18 Å². The van der Waals surface area contributed by atoms with E-state index in [9.17, 15) is 14.0 Å². The number of nitrogen functional groups attached to an aromatic ring is 1. The van der Waals surface area contributed by atoms with E-state index in [-0.39, 0.29) is 17.5 Å². The third-order valence-electron chi connectivity index (χ3n) is 4.69. The number of carbonyl (C=O) groups is 2. The Kier molecular flexibility index (Phi) is 4.68. The minimum atomic E-state index is -0.641. The first-order valence-corrected chi connectivity index (χ1v) is 8.40. The van der Waals surface area contributed by atoms with Gasteiger partial charge in [0, 0.05) is 12.1 Å². The highest BCUT2D eigenvalue weighted by molar-refractivity contribution is 6.01. The molecule has 1 atom stereocenters. The van der Waals surface area contributed by atoms with Gasteiger partial charge in [-0.3, -0.25) is 4.79 Å². The molecule has 0 saturated heterocycles. The molecule has 1 aliphatic heterocycles. The van der Waals surface area contributed by atoms with Crippen LogP contribution in [0.1, 0.15) is 29.8 Å². The molecule has 0 bridgehead atoms. The SMILES string of the molecule is COC(=O)[C@H](C(C)C)N1Cc2ccc(-c3ccc(N)c(F)c3)cc2C1=O. The molecule has 2 aromatic rings. The maximum Gasteiger partial charge on any atom is 0.328 e. The van der Waals surface area contributed by atoms with E-state index in [2.05, 4.69) is 0 Å². The summed E-state index contributed by atoms with van der Waals surface area (Å²) >= 11 is 0. The lowest BCUT2D eigenvalue weighted by Gasteiger charge is -2.28. The zero-order valence-corrected chi connectivity index (χ0v) is 15.0. The number of fused-ring (bicyclic) bond motifs is 1. The molecule has 0 aliphatic carbocycles. The summed E-state index contributed by atoms with van der Waals surface area (Å²) in [6.07, 6.45) is 0. The molecule has 26 heavy (non-hydrogen) atoms. The summed E-state index contributed by atoms with van der Waals surface area (Å²) in [7, 11) is 1.32. The summed E-state index contributed by atoms with van der Waals surface area (Å²) in [6, 6.07) is 9.32. The molecule has 1 heterocycles. The molecule has 2 N–H and O–H groups in total. The number of rotatable bonds is 4. The number of benzene rings is 2. The highest BCUT2D eigenvalue weighted by atomic mass is 19.1. The fraction of sp³-hybridized carbons (Fsp3) is 0.300. The van der Waals surface area contributed by atoms with Crippen LogP contribution in [0.2, 0.25) is 0 Å². The zero-order valence-electron chi connectivity index (χ0n) is 15.0. The van der Waals surface area contributed by atoms with Crippen molar-refractivity contribution in [2.75, 3.05) is 12.8 Å². The third-order valence-corrected chi connectivity index (χ3v) is 4.69. The van der Waals surface area contributed by atoms with Gasteiger partial charge in [0.1, 0.15) is 11.9 Å². The number of hydrogen-bond donors (Lipinski definition) is 1. The zero-order chi connectivity index (χ0) is 19.0. The van der Waals surface area contributed by atoms with E-state index in [0.29, 0.717) is 17.7 Å². The van der Waals surface area contributed by atoms with Crippen molar-refractivity contribution in [2.24, 2.45) is 5.92 Å². The lowest BCUT2D eigenvalue weighted by Crippen LogP contribution is -2.45. The standard InChI is InChI=1S/C20H21FN2O3/c1-11(2)18(20(25)26-3)23-10-14-5-4-12(8-15(14)19(23)24)13-6-7-17(22)16(21)9-13/h4-9,11,18H,10,22H2,1-3H3/t18-/m0/s1. The largest absolute Gasteiger partial charge is 0.467 e. The van der Waals surface area contributed by atoms with Crippen LogP contribution in [0, 0.1) is 11.7 Å². The van der Waals surface area contributed by atoms with Gasteiger partial charge in [0.15, 0.2) is 0 Å². The Morgan fingerprint density at radius 1 is 1.19 bits per heavy atom. The van der Waals surface area contributed by atoms with Gasteiger partial charge in [0.2, 0.25) is 0 Å². The highest BCUT2D eigenvalue weighted by Gasteiger charge is 2.38. The van der Waals surface area contributed by atoms with Crippen LogP contribution in [0.5, 0.6) is 0 Å². The Balaban J connectivity index is 1.96. The second kappa shape index (κ2) is 6.78. The minimum Gasteiger partial charge on any atom is -0.467 e. The summed E-state index contributed by atoms with van der Waals surface area (Å²) in [4.78, 5) is 26.6. The maximum atomic E-state index is 13.7. The first-order valence-electron chi connectivity index (χ1n) is 8.40. The van der Waals surface area contributed by atoms with Crippen molar-refractivity contribution in [1.82, 2.24) is 4.90 Å². The van der Waals surface area contributed by atoms with E-state index >= 15 is 0 Å². The molecule has 0 aromatic heterocycles. The average molecular weight is 356 g/mol. The smallest absolute Gasteiger partial charge is 0.328 e. The fourth-order valence-electron chi connectivity index (χ4n) is 3.31. The van der Waals surface area contributed by atoms with Gasteiger partial charge < -0.3 is 15.4 Å². The van der Waals surface area contributed by atoms with Gasteiger partial charge in [-0.2, -0.15) is 0 Å².